The van der Waals surface area contributed by atoms with Gasteiger partial charge in [0.2, 0.25) is 0 Å². The minimum atomic E-state index is -4.41. The Kier molecular flexibility index (Phi) is 5.52. The van der Waals surface area contributed by atoms with E-state index in [0.717, 1.165) is 12.1 Å². The van der Waals surface area contributed by atoms with E-state index in [1.54, 1.807) is 6.07 Å². The van der Waals surface area contributed by atoms with Gasteiger partial charge in [-0.2, -0.15) is 13.2 Å². The first kappa shape index (κ1) is 19.4. The van der Waals surface area contributed by atoms with Gasteiger partial charge in [0.1, 0.15) is 0 Å². The van der Waals surface area contributed by atoms with Gasteiger partial charge in [-0.3, -0.25) is 4.90 Å². The van der Waals surface area contributed by atoms with Gasteiger partial charge in [-0.25, -0.2) is 4.79 Å². The first-order valence-corrected chi connectivity index (χ1v) is 8.52. The van der Waals surface area contributed by atoms with Crippen LogP contribution in [-0.4, -0.2) is 52.4 Å². The molecule has 1 fully saturated rings. The summed E-state index contributed by atoms with van der Waals surface area (Å²) >= 11 is 6.02. The second-order valence-electron chi connectivity index (χ2n) is 6.15. The van der Waals surface area contributed by atoms with Crippen LogP contribution in [0.5, 0.6) is 0 Å². The average molecular weight is 401 g/mol. The summed E-state index contributed by atoms with van der Waals surface area (Å²) in [6.45, 7) is 3.06. The molecular formula is C17H16ClF3N4O2. The van der Waals surface area contributed by atoms with Crippen LogP contribution in [-0.2, 0) is 12.7 Å². The number of halogens is 4. The van der Waals surface area contributed by atoms with Crippen molar-refractivity contribution in [2.45, 2.75) is 12.7 Å². The predicted molar refractivity (Wildman–Crippen MR) is 92.9 cm³/mol. The summed E-state index contributed by atoms with van der Waals surface area (Å²) in [5.74, 6) is -0.542. The van der Waals surface area contributed by atoms with Gasteiger partial charge in [0.15, 0.2) is 11.5 Å². The van der Waals surface area contributed by atoms with Crippen LogP contribution in [0.25, 0.3) is 0 Å². The van der Waals surface area contributed by atoms with E-state index >= 15 is 0 Å². The Morgan fingerprint density at radius 3 is 2.33 bits per heavy atom. The van der Waals surface area contributed by atoms with Gasteiger partial charge in [-0.05, 0) is 29.8 Å². The smallest absolute Gasteiger partial charge is 0.416 e. The Bertz CT molecular complexity index is 822. The maximum absolute atomic E-state index is 12.7. The summed E-state index contributed by atoms with van der Waals surface area (Å²) in [5, 5.41) is 16.5. The summed E-state index contributed by atoms with van der Waals surface area (Å²) < 4.78 is 38.1. The molecule has 27 heavy (non-hydrogen) atoms. The number of carboxylic acid groups (broad SMARTS) is 1. The normalized spacial score (nSPS) is 15.8. The number of benzene rings is 1. The molecule has 1 aliphatic heterocycles. The fraction of sp³-hybridized carbons (Fsp3) is 0.353. The molecule has 144 valence electrons. The van der Waals surface area contributed by atoms with Crippen LogP contribution in [0.3, 0.4) is 0 Å². The minimum absolute atomic E-state index is 0.0994. The molecule has 1 N–H and O–H groups in total. The van der Waals surface area contributed by atoms with E-state index in [1.165, 1.54) is 12.1 Å². The van der Waals surface area contributed by atoms with Crippen molar-refractivity contribution in [1.82, 2.24) is 15.1 Å². The van der Waals surface area contributed by atoms with Gasteiger partial charge < -0.3 is 10.0 Å². The molecule has 0 saturated carbocycles. The van der Waals surface area contributed by atoms with Gasteiger partial charge >= 0.3 is 12.1 Å². The Morgan fingerprint density at radius 2 is 1.81 bits per heavy atom. The summed E-state index contributed by atoms with van der Waals surface area (Å²) in [7, 11) is 0. The fourth-order valence-corrected chi connectivity index (χ4v) is 3.08. The average Bonchev–Trinajstić information content (AvgIpc) is 2.63. The number of piperazine rings is 1. The molecule has 2 aromatic rings. The van der Waals surface area contributed by atoms with Crippen LogP contribution in [0.2, 0.25) is 5.02 Å². The van der Waals surface area contributed by atoms with Gasteiger partial charge in [0.05, 0.1) is 5.56 Å². The third kappa shape index (κ3) is 4.67. The van der Waals surface area contributed by atoms with Gasteiger partial charge in [-0.15, -0.1) is 10.2 Å². The van der Waals surface area contributed by atoms with Crippen molar-refractivity contribution in [3.63, 3.8) is 0 Å². The lowest BCUT2D eigenvalue weighted by Gasteiger charge is -2.35. The first-order valence-electron chi connectivity index (χ1n) is 8.14. The maximum Gasteiger partial charge on any atom is 0.416 e. The minimum Gasteiger partial charge on any atom is -0.476 e. The molecule has 0 bridgehead atoms. The van der Waals surface area contributed by atoms with Crippen LogP contribution < -0.4 is 4.90 Å². The summed E-state index contributed by atoms with van der Waals surface area (Å²) in [6, 6.07) is 6.41. The van der Waals surface area contributed by atoms with Gasteiger partial charge in [0.25, 0.3) is 0 Å². The number of carboxylic acids is 1. The lowest BCUT2D eigenvalue weighted by Crippen LogP contribution is -2.46. The summed E-state index contributed by atoms with van der Waals surface area (Å²) in [6.07, 6.45) is -4.41. The largest absolute Gasteiger partial charge is 0.476 e. The highest BCUT2D eigenvalue weighted by atomic mass is 35.5. The maximum atomic E-state index is 12.7. The monoisotopic (exact) mass is 400 g/mol. The number of alkyl halides is 3. The van der Waals surface area contributed by atoms with Crippen LogP contribution in [0.15, 0.2) is 30.3 Å². The number of rotatable bonds is 4. The van der Waals surface area contributed by atoms with Crippen molar-refractivity contribution in [2.24, 2.45) is 0 Å². The second kappa shape index (κ2) is 7.69. The molecule has 0 aliphatic carbocycles. The highest BCUT2D eigenvalue weighted by molar-refractivity contribution is 6.31. The first-order chi connectivity index (χ1) is 12.7. The van der Waals surface area contributed by atoms with E-state index in [0.29, 0.717) is 44.1 Å². The number of hydrogen-bond acceptors (Lipinski definition) is 5. The molecule has 3 rings (SSSR count). The van der Waals surface area contributed by atoms with E-state index < -0.39 is 17.7 Å². The Morgan fingerprint density at radius 1 is 1.11 bits per heavy atom. The van der Waals surface area contributed by atoms with E-state index in [1.807, 2.05) is 4.90 Å². The van der Waals surface area contributed by atoms with E-state index in [9.17, 15) is 18.0 Å². The van der Waals surface area contributed by atoms with Crippen molar-refractivity contribution < 1.29 is 23.1 Å². The molecule has 2 heterocycles. The molecule has 1 aromatic carbocycles. The fourth-order valence-electron chi connectivity index (χ4n) is 2.84. The molecule has 1 aromatic heterocycles. The standard InChI is InChI=1S/C17H16ClF3N4O2/c18-13-9-12(17(19,20)21)2-1-11(13)10-24-5-7-25(8-6-24)15-4-3-14(16(26)27)22-23-15/h1-4,9H,5-8,10H2,(H,26,27). The van der Waals surface area contributed by atoms with Crippen molar-refractivity contribution >= 4 is 23.4 Å². The molecule has 6 nitrogen and oxygen atoms in total. The second-order valence-corrected chi connectivity index (χ2v) is 6.56. The number of nitrogens with zero attached hydrogens (tertiary/aromatic N) is 4. The summed E-state index contributed by atoms with van der Waals surface area (Å²) in [5.41, 5.74) is -0.234. The molecule has 0 unspecified atom stereocenters. The van der Waals surface area contributed by atoms with Crippen LogP contribution >= 0.6 is 11.6 Å². The van der Waals surface area contributed by atoms with Crippen molar-refractivity contribution in [3.8, 4) is 0 Å². The van der Waals surface area contributed by atoms with Crippen molar-refractivity contribution in [3.05, 3.63) is 52.2 Å². The third-order valence-corrected chi connectivity index (χ3v) is 4.69. The SMILES string of the molecule is O=C(O)c1ccc(N2CCN(Cc3ccc(C(F)(F)F)cc3Cl)CC2)nn1. The highest BCUT2D eigenvalue weighted by Gasteiger charge is 2.31. The molecule has 1 saturated heterocycles. The van der Waals surface area contributed by atoms with E-state index in [2.05, 4.69) is 15.1 Å². The van der Waals surface area contributed by atoms with Crippen LogP contribution in [0.1, 0.15) is 21.6 Å². The number of anilines is 1. The lowest BCUT2D eigenvalue weighted by atomic mass is 10.1. The number of carbonyl (C=O) groups is 1. The molecule has 0 radical (unpaired) electrons. The Balaban J connectivity index is 1.59. The number of aromatic carboxylic acids is 1. The summed E-state index contributed by atoms with van der Waals surface area (Å²) in [4.78, 5) is 14.9. The lowest BCUT2D eigenvalue weighted by molar-refractivity contribution is -0.137. The van der Waals surface area contributed by atoms with Crippen LogP contribution in [0, 0.1) is 0 Å². The zero-order valence-corrected chi connectivity index (χ0v) is 14.8. The number of hydrogen-bond donors (Lipinski definition) is 1. The molecule has 0 atom stereocenters. The molecule has 1 aliphatic rings. The zero-order chi connectivity index (χ0) is 19.6. The van der Waals surface area contributed by atoms with E-state index in [-0.39, 0.29) is 10.7 Å². The Hall–Kier alpha value is -2.39. The highest BCUT2D eigenvalue weighted by Crippen LogP contribution is 2.32. The van der Waals surface area contributed by atoms with E-state index in [4.69, 9.17) is 16.7 Å². The zero-order valence-electron chi connectivity index (χ0n) is 14.1. The molecule has 0 amide bonds. The predicted octanol–water partition coefficient (Wildman–Crippen LogP) is 3.17. The quantitative estimate of drug-likeness (QED) is 0.850. The van der Waals surface area contributed by atoms with Crippen molar-refractivity contribution in [1.29, 1.82) is 0 Å². The third-order valence-electron chi connectivity index (χ3n) is 4.34. The van der Waals surface area contributed by atoms with Gasteiger partial charge in [-0.1, -0.05) is 17.7 Å². The molecule has 10 heteroatoms. The van der Waals surface area contributed by atoms with Gasteiger partial charge in [0, 0.05) is 37.7 Å². The van der Waals surface area contributed by atoms with Crippen molar-refractivity contribution in [2.75, 3.05) is 31.1 Å². The topological polar surface area (TPSA) is 69.6 Å². The number of aromatic nitrogens is 2. The molecule has 0 spiro atoms. The Labute approximate surface area is 158 Å². The van der Waals surface area contributed by atoms with Crippen LogP contribution in [0.4, 0.5) is 19.0 Å². The molecular weight excluding hydrogens is 385 g/mol.